The predicted octanol–water partition coefficient (Wildman–Crippen LogP) is 6.16. The number of amides is 1. The van der Waals surface area contributed by atoms with Crippen LogP contribution in [0.3, 0.4) is 0 Å². The number of benzene rings is 4. The highest BCUT2D eigenvalue weighted by atomic mass is 16.7. The van der Waals surface area contributed by atoms with E-state index >= 15 is 0 Å². The summed E-state index contributed by atoms with van der Waals surface area (Å²) in [6.45, 7) is 3.82. The SMILES string of the molecule is CC(=O)c1cccc(NC(=O)c2cccc(C3OC(CN4CCC(n5c(=O)[nH]c6ccccc65)CC4)CC(c4ccc(CO)cc4)O3)c2)c1. The first-order valence-electron chi connectivity index (χ1n) is 16.8. The lowest BCUT2D eigenvalue weighted by Crippen LogP contribution is -2.43. The van der Waals surface area contributed by atoms with E-state index in [4.69, 9.17) is 9.47 Å². The van der Waals surface area contributed by atoms with Gasteiger partial charge in [-0.15, -0.1) is 0 Å². The van der Waals surface area contributed by atoms with Crippen LogP contribution in [0, 0.1) is 0 Å². The molecule has 1 aromatic heterocycles. The van der Waals surface area contributed by atoms with Crippen molar-refractivity contribution in [3.63, 3.8) is 0 Å². The van der Waals surface area contributed by atoms with Gasteiger partial charge in [0.2, 0.25) is 0 Å². The minimum Gasteiger partial charge on any atom is -0.392 e. The number of ether oxygens (including phenoxy) is 2. The highest BCUT2D eigenvalue weighted by molar-refractivity contribution is 6.05. The number of imidazole rings is 1. The molecule has 0 bridgehead atoms. The molecule has 7 rings (SSSR count). The lowest BCUT2D eigenvalue weighted by atomic mass is 9.98. The van der Waals surface area contributed by atoms with Crippen LogP contribution in [-0.2, 0) is 16.1 Å². The van der Waals surface area contributed by atoms with Crippen molar-refractivity contribution in [2.75, 3.05) is 25.0 Å². The van der Waals surface area contributed by atoms with Crippen LogP contribution in [0.1, 0.15) is 82.0 Å². The molecule has 49 heavy (non-hydrogen) atoms. The quantitative estimate of drug-likeness (QED) is 0.162. The van der Waals surface area contributed by atoms with Gasteiger partial charge in [0.25, 0.3) is 5.91 Å². The van der Waals surface area contributed by atoms with E-state index in [9.17, 15) is 19.5 Å². The molecule has 2 aliphatic heterocycles. The number of Topliss-reactive ketones (excluding diaryl/α,β-unsaturated/α-hetero) is 1. The molecule has 1 amide bonds. The van der Waals surface area contributed by atoms with Crippen LogP contribution >= 0.6 is 0 Å². The first-order chi connectivity index (χ1) is 23.8. The third kappa shape index (κ3) is 7.28. The second-order valence-corrected chi connectivity index (χ2v) is 12.9. The van der Waals surface area contributed by atoms with Crippen molar-refractivity contribution < 1.29 is 24.2 Å². The number of fused-ring (bicyclic) bond motifs is 1. The lowest BCUT2D eigenvalue weighted by molar-refractivity contribution is -0.253. The zero-order valence-electron chi connectivity index (χ0n) is 27.4. The number of rotatable bonds is 9. The Morgan fingerprint density at radius 3 is 2.41 bits per heavy atom. The van der Waals surface area contributed by atoms with Crippen LogP contribution in [0.25, 0.3) is 11.0 Å². The number of hydrogen-bond acceptors (Lipinski definition) is 7. The lowest BCUT2D eigenvalue weighted by Gasteiger charge is -2.40. The Morgan fingerprint density at radius 1 is 0.878 bits per heavy atom. The Kier molecular flexibility index (Phi) is 9.54. The second-order valence-electron chi connectivity index (χ2n) is 12.9. The van der Waals surface area contributed by atoms with Gasteiger partial charge in [-0.25, -0.2) is 4.79 Å². The first kappa shape index (κ1) is 32.7. The minimum absolute atomic E-state index is 0.0330. The Bertz CT molecular complexity index is 2010. The molecule has 3 N–H and O–H groups in total. The Balaban J connectivity index is 1.07. The van der Waals surface area contributed by atoms with E-state index in [0.29, 0.717) is 29.8 Å². The number of para-hydroxylation sites is 2. The molecule has 2 aliphatic rings. The van der Waals surface area contributed by atoms with E-state index in [2.05, 4.69) is 15.2 Å². The smallest absolute Gasteiger partial charge is 0.326 e. The summed E-state index contributed by atoms with van der Waals surface area (Å²) in [5, 5.41) is 12.5. The van der Waals surface area contributed by atoms with E-state index in [-0.39, 0.29) is 42.2 Å². The number of nitrogens with one attached hydrogen (secondary N) is 2. The molecule has 3 heterocycles. The van der Waals surface area contributed by atoms with Crippen molar-refractivity contribution in [1.29, 1.82) is 0 Å². The normalized spacial score (nSPS) is 20.3. The van der Waals surface area contributed by atoms with Crippen molar-refractivity contribution in [2.24, 2.45) is 0 Å². The number of piperidine rings is 1. The fourth-order valence-electron chi connectivity index (χ4n) is 6.96. The number of nitrogens with zero attached hydrogens (tertiary/aromatic N) is 2. The molecule has 2 fully saturated rings. The topological polar surface area (TPSA) is 126 Å². The average Bonchev–Trinajstić information content (AvgIpc) is 3.47. The van der Waals surface area contributed by atoms with Gasteiger partial charge in [0, 0.05) is 54.5 Å². The Morgan fingerprint density at radius 2 is 1.63 bits per heavy atom. The molecular weight excluding hydrogens is 620 g/mol. The summed E-state index contributed by atoms with van der Waals surface area (Å²) in [5.41, 5.74) is 5.79. The molecule has 0 radical (unpaired) electrons. The number of aliphatic hydroxyl groups excluding tert-OH is 1. The van der Waals surface area contributed by atoms with Crippen molar-refractivity contribution in [3.8, 4) is 0 Å². The molecule has 3 unspecified atom stereocenters. The van der Waals surface area contributed by atoms with Crippen molar-refractivity contribution in [3.05, 3.63) is 135 Å². The molecule has 5 aromatic rings. The van der Waals surface area contributed by atoms with Gasteiger partial charge >= 0.3 is 5.69 Å². The molecular formula is C39H40N4O6. The number of carbonyl (C=O) groups is 2. The molecule has 4 aromatic carbocycles. The molecule has 0 aliphatic carbocycles. The van der Waals surface area contributed by atoms with Gasteiger partial charge in [-0.2, -0.15) is 0 Å². The molecule has 10 heteroatoms. The Hall–Kier alpha value is -4.87. The molecule has 252 valence electrons. The second kappa shape index (κ2) is 14.3. The molecule has 2 saturated heterocycles. The summed E-state index contributed by atoms with van der Waals surface area (Å²) in [5.74, 6) is -0.378. The number of H-pyrrole nitrogens is 1. The van der Waals surface area contributed by atoms with Crippen LogP contribution in [0.4, 0.5) is 5.69 Å². The maximum Gasteiger partial charge on any atom is 0.326 e. The van der Waals surface area contributed by atoms with Crippen LogP contribution in [0.2, 0.25) is 0 Å². The van der Waals surface area contributed by atoms with Gasteiger partial charge in [0.05, 0.1) is 29.8 Å². The van der Waals surface area contributed by atoms with Gasteiger partial charge in [0.1, 0.15) is 0 Å². The average molecular weight is 661 g/mol. The van der Waals surface area contributed by atoms with Crippen LogP contribution in [-0.4, -0.2) is 57.0 Å². The summed E-state index contributed by atoms with van der Waals surface area (Å²) < 4.78 is 15.1. The highest BCUT2D eigenvalue weighted by Gasteiger charge is 2.34. The number of anilines is 1. The number of aromatic amines is 1. The summed E-state index contributed by atoms with van der Waals surface area (Å²) in [6.07, 6.45) is 1.23. The highest BCUT2D eigenvalue weighted by Crippen LogP contribution is 2.39. The largest absolute Gasteiger partial charge is 0.392 e. The van der Waals surface area contributed by atoms with E-state index in [1.807, 2.05) is 65.2 Å². The fourth-order valence-corrected chi connectivity index (χ4v) is 6.96. The van der Waals surface area contributed by atoms with Crippen LogP contribution in [0.5, 0.6) is 0 Å². The molecule has 3 atom stereocenters. The minimum atomic E-state index is -0.711. The monoisotopic (exact) mass is 660 g/mol. The number of aliphatic hydroxyl groups is 1. The van der Waals surface area contributed by atoms with E-state index in [1.54, 1.807) is 36.4 Å². The molecule has 0 spiro atoms. The van der Waals surface area contributed by atoms with Gasteiger partial charge in [-0.3, -0.25) is 14.2 Å². The zero-order valence-corrected chi connectivity index (χ0v) is 27.4. The van der Waals surface area contributed by atoms with Gasteiger partial charge in [0.15, 0.2) is 12.1 Å². The number of ketones is 1. The van der Waals surface area contributed by atoms with Gasteiger partial charge in [-0.1, -0.05) is 60.7 Å². The molecule has 0 saturated carbocycles. The van der Waals surface area contributed by atoms with Crippen LogP contribution < -0.4 is 11.0 Å². The zero-order chi connectivity index (χ0) is 33.9. The summed E-state index contributed by atoms with van der Waals surface area (Å²) >= 11 is 0. The Labute approximate surface area is 284 Å². The van der Waals surface area contributed by atoms with Gasteiger partial charge in [-0.05, 0) is 67.3 Å². The maximum atomic E-state index is 13.3. The predicted molar refractivity (Wildman–Crippen MR) is 187 cm³/mol. The molecule has 10 nitrogen and oxygen atoms in total. The summed E-state index contributed by atoms with van der Waals surface area (Å²) in [7, 11) is 0. The van der Waals surface area contributed by atoms with Crippen LogP contribution in [0.15, 0.2) is 102 Å². The number of likely N-dealkylation sites (tertiary alicyclic amines) is 1. The van der Waals surface area contributed by atoms with E-state index in [1.165, 1.54) is 6.92 Å². The van der Waals surface area contributed by atoms with Crippen molar-refractivity contribution in [2.45, 2.75) is 57.3 Å². The third-order valence-electron chi connectivity index (χ3n) is 9.57. The van der Waals surface area contributed by atoms with Gasteiger partial charge < -0.3 is 29.8 Å². The van der Waals surface area contributed by atoms with Crippen molar-refractivity contribution in [1.82, 2.24) is 14.5 Å². The number of carbonyl (C=O) groups excluding carboxylic acids is 2. The van der Waals surface area contributed by atoms with Crippen molar-refractivity contribution >= 4 is 28.4 Å². The van der Waals surface area contributed by atoms with E-state index in [0.717, 1.165) is 53.7 Å². The van der Waals surface area contributed by atoms with E-state index < -0.39 is 6.29 Å². The standard InChI is InChI=1S/C39H40N4O6/c1-25(45)28-6-5-9-31(21-28)40-37(46)29-7-4-8-30(20-29)38-48-33(22-36(49-38)27-14-12-26(24-44)13-15-27)23-42-18-16-32(17-19-42)43-35-11-3-2-10-34(35)41-39(43)47/h2-15,20-21,32-33,36,38,44H,16-19,22-24H2,1H3,(H,40,46)(H,41,47). The number of hydrogen-bond donors (Lipinski definition) is 3. The third-order valence-corrected chi connectivity index (χ3v) is 9.57. The maximum absolute atomic E-state index is 13.3. The fraction of sp³-hybridized carbons (Fsp3) is 0.308. The first-order valence-corrected chi connectivity index (χ1v) is 16.8. The summed E-state index contributed by atoms with van der Waals surface area (Å²) in [4.78, 5) is 43.3. The summed E-state index contributed by atoms with van der Waals surface area (Å²) in [6, 6.07) is 29.8. The number of aromatic nitrogens is 2.